The van der Waals surface area contributed by atoms with Crippen molar-refractivity contribution in [3.05, 3.63) is 51.3 Å². The van der Waals surface area contributed by atoms with Crippen LogP contribution in [0.2, 0.25) is 0 Å². The first-order valence-corrected chi connectivity index (χ1v) is 8.84. The van der Waals surface area contributed by atoms with Gasteiger partial charge in [0, 0.05) is 6.54 Å². The molecule has 2 unspecified atom stereocenters. The lowest BCUT2D eigenvalue weighted by atomic mass is 9.99. The molecule has 2 aromatic rings. The SMILES string of the molecule is CCc1nn(CC)c(CC2Cc3ccccc3C2Cl)c1Br. The van der Waals surface area contributed by atoms with Crippen LogP contribution in [0.4, 0.5) is 0 Å². The van der Waals surface area contributed by atoms with Gasteiger partial charge in [-0.3, -0.25) is 4.68 Å². The molecule has 0 radical (unpaired) electrons. The van der Waals surface area contributed by atoms with Gasteiger partial charge in [-0.25, -0.2) is 0 Å². The lowest BCUT2D eigenvalue weighted by Crippen LogP contribution is -2.12. The fourth-order valence-corrected chi connectivity index (χ4v) is 4.38. The van der Waals surface area contributed by atoms with Crippen LogP contribution >= 0.6 is 27.5 Å². The second-order valence-corrected chi connectivity index (χ2v) is 6.91. The first-order chi connectivity index (χ1) is 10.2. The molecule has 0 amide bonds. The van der Waals surface area contributed by atoms with Crippen molar-refractivity contribution in [1.82, 2.24) is 9.78 Å². The summed E-state index contributed by atoms with van der Waals surface area (Å²) in [6, 6.07) is 8.55. The maximum Gasteiger partial charge on any atom is 0.0766 e. The van der Waals surface area contributed by atoms with Gasteiger partial charge in [0.05, 0.1) is 21.2 Å². The van der Waals surface area contributed by atoms with Crippen LogP contribution in [0.25, 0.3) is 0 Å². The van der Waals surface area contributed by atoms with Gasteiger partial charge in [-0.05, 0) is 59.2 Å². The van der Waals surface area contributed by atoms with Gasteiger partial charge in [0.15, 0.2) is 0 Å². The van der Waals surface area contributed by atoms with Gasteiger partial charge in [0.25, 0.3) is 0 Å². The van der Waals surface area contributed by atoms with E-state index >= 15 is 0 Å². The molecule has 0 aliphatic heterocycles. The van der Waals surface area contributed by atoms with E-state index in [2.05, 4.69) is 63.8 Å². The highest BCUT2D eigenvalue weighted by atomic mass is 79.9. The number of fused-ring (bicyclic) bond motifs is 1. The third-order valence-electron chi connectivity index (χ3n) is 4.40. The molecule has 1 heterocycles. The standard InChI is InChI=1S/C17H20BrClN2/c1-3-14-16(18)15(21(4-2)20-14)10-12-9-11-7-5-6-8-13(11)17(12)19/h5-8,12,17H,3-4,9-10H2,1-2H3. The molecule has 3 rings (SSSR count). The van der Waals surface area contributed by atoms with E-state index in [-0.39, 0.29) is 5.38 Å². The largest absolute Gasteiger partial charge is 0.268 e. The highest BCUT2D eigenvalue weighted by molar-refractivity contribution is 9.10. The normalized spacial score (nSPS) is 20.8. The van der Waals surface area contributed by atoms with Crippen LogP contribution in [0.3, 0.4) is 0 Å². The molecule has 4 heteroatoms. The molecule has 0 saturated carbocycles. The van der Waals surface area contributed by atoms with Gasteiger partial charge in [0.1, 0.15) is 0 Å². The molecule has 2 atom stereocenters. The summed E-state index contributed by atoms with van der Waals surface area (Å²) in [5.74, 6) is 0.451. The maximum atomic E-state index is 6.70. The van der Waals surface area contributed by atoms with Crippen molar-refractivity contribution in [3.8, 4) is 0 Å². The molecule has 112 valence electrons. The average molecular weight is 368 g/mol. The smallest absolute Gasteiger partial charge is 0.0766 e. The van der Waals surface area contributed by atoms with Crippen LogP contribution in [0.1, 0.15) is 41.7 Å². The van der Waals surface area contributed by atoms with E-state index < -0.39 is 0 Å². The molecular weight excluding hydrogens is 348 g/mol. The predicted molar refractivity (Wildman–Crippen MR) is 90.9 cm³/mol. The van der Waals surface area contributed by atoms with Crippen molar-refractivity contribution >= 4 is 27.5 Å². The monoisotopic (exact) mass is 366 g/mol. The van der Waals surface area contributed by atoms with Gasteiger partial charge in [0.2, 0.25) is 0 Å². The third-order valence-corrected chi connectivity index (χ3v) is 5.90. The summed E-state index contributed by atoms with van der Waals surface area (Å²) in [6.45, 7) is 5.19. The molecule has 1 aliphatic carbocycles. The topological polar surface area (TPSA) is 17.8 Å². The van der Waals surface area contributed by atoms with Crippen LogP contribution in [0.5, 0.6) is 0 Å². The number of halogens is 2. The van der Waals surface area contributed by atoms with Gasteiger partial charge in [-0.15, -0.1) is 11.6 Å². The summed E-state index contributed by atoms with van der Waals surface area (Å²) >= 11 is 10.4. The number of nitrogens with zero attached hydrogens (tertiary/aromatic N) is 2. The minimum atomic E-state index is 0.110. The molecule has 1 aromatic heterocycles. The van der Waals surface area contributed by atoms with Crippen LogP contribution in [-0.4, -0.2) is 9.78 Å². The fourth-order valence-electron chi connectivity index (χ4n) is 3.27. The summed E-state index contributed by atoms with van der Waals surface area (Å²) in [4.78, 5) is 0. The quantitative estimate of drug-likeness (QED) is 0.701. The second-order valence-electron chi connectivity index (χ2n) is 5.65. The summed E-state index contributed by atoms with van der Waals surface area (Å²) in [5.41, 5.74) is 5.14. The Balaban J connectivity index is 1.87. The highest BCUT2D eigenvalue weighted by Crippen LogP contribution is 2.43. The van der Waals surface area contributed by atoms with E-state index in [0.29, 0.717) is 5.92 Å². The summed E-state index contributed by atoms with van der Waals surface area (Å²) in [6.07, 6.45) is 2.99. The Morgan fingerprint density at radius 2 is 2.10 bits per heavy atom. The number of alkyl halides is 1. The number of hydrogen-bond donors (Lipinski definition) is 0. The molecule has 0 saturated heterocycles. The molecule has 1 aliphatic rings. The minimum absolute atomic E-state index is 0.110. The van der Waals surface area contributed by atoms with Gasteiger partial charge >= 0.3 is 0 Å². The predicted octanol–water partition coefficient (Wildman–Crippen LogP) is 4.92. The van der Waals surface area contributed by atoms with Crippen LogP contribution in [-0.2, 0) is 25.8 Å². The van der Waals surface area contributed by atoms with Crippen LogP contribution in [0, 0.1) is 5.92 Å². The Morgan fingerprint density at radius 1 is 1.33 bits per heavy atom. The number of benzene rings is 1. The Hall–Kier alpha value is -0.800. The van der Waals surface area contributed by atoms with E-state index in [1.54, 1.807) is 0 Å². The third kappa shape index (κ3) is 2.66. The summed E-state index contributed by atoms with van der Waals surface area (Å²) < 4.78 is 3.29. The van der Waals surface area contributed by atoms with Gasteiger partial charge in [-0.2, -0.15) is 5.10 Å². The molecule has 0 N–H and O–H groups in total. The van der Waals surface area contributed by atoms with E-state index in [1.807, 2.05) is 0 Å². The summed E-state index contributed by atoms with van der Waals surface area (Å²) in [5, 5.41) is 4.80. The molecule has 2 nitrogen and oxygen atoms in total. The number of aryl methyl sites for hydroxylation is 2. The van der Waals surface area contributed by atoms with Crippen molar-refractivity contribution in [2.45, 2.75) is 45.0 Å². The van der Waals surface area contributed by atoms with E-state index in [4.69, 9.17) is 11.6 Å². The zero-order valence-corrected chi connectivity index (χ0v) is 14.8. The second kappa shape index (κ2) is 6.13. The van der Waals surface area contributed by atoms with Gasteiger partial charge in [-0.1, -0.05) is 31.2 Å². The average Bonchev–Trinajstić information content (AvgIpc) is 2.99. The van der Waals surface area contributed by atoms with Crippen LogP contribution < -0.4 is 0 Å². The highest BCUT2D eigenvalue weighted by Gasteiger charge is 2.32. The van der Waals surface area contributed by atoms with E-state index in [9.17, 15) is 0 Å². The van der Waals surface area contributed by atoms with E-state index in [0.717, 1.165) is 31.5 Å². The molecule has 0 spiro atoms. The fraction of sp³-hybridized carbons (Fsp3) is 0.471. The van der Waals surface area contributed by atoms with E-state index in [1.165, 1.54) is 21.3 Å². The van der Waals surface area contributed by atoms with Crippen molar-refractivity contribution in [1.29, 1.82) is 0 Å². The minimum Gasteiger partial charge on any atom is -0.268 e. The first kappa shape index (κ1) is 15.1. The van der Waals surface area contributed by atoms with Crippen molar-refractivity contribution in [2.75, 3.05) is 0 Å². The zero-order chi connectivity index (χ0) is 15.0. The van der Waals surface area contributed by atoms with Gasteiger partial charge < -0.3 is 0 Å². The molecule has 1 aromatic carbocycles. The zero-order valence-electron chi connectivity index (χ0n) is 12.4. The Labute approximate surface area is 139 Å². The Bertz CT molecular complexity index is 650. The molecule has 0 bridgehead atoms. The Kier molecular flexibility index (Phi) is 4.41. The molecule has 21 heavy (non-hydrogen) atoms. The molecule has 0 fully saturated rings. The summed E-state index contributed by atoms with van der Waals surface area (Å²) in [7, 11) is 0. The molecular formula is C17H20BrClN2. The van der Waals surface area contributed by atoms with Crippen molar-refractivity contribution < 1.29 is 0 Å². The number of hydrogen-bond acceptors (Lipinski definition) is 1. The first-order valence-electron chi connectivity index (χ1n) is 7.61. The number of rotatable bonds is 4. The van der Waals surface area contributed by atoms with Crippen molar-refractivity contribution in [2.24, 2.45) is 5.92 Å². The van der Waals surface area contributed by atoms with Crippen molar-refractivity contribution in [3.63, 3.8) is 0 Å². The maximum absolute atomic E-state index is 6.70. The van der Waals surface area contributed by atoms with Crippen LogP contribution in [0.15, 0.2) is 28.7 Å². The number of aromatic nitrogens is 2. The Morgan fingerprint density at radius 3 is 2.76 bits per heavy atom. The lowest BCUT2D eigenvalue weighted by Gasteiger charge is -2.15. The lowest BCUT2D eigenvalue weighted by molar-refractivity contribution is 0.504.